The van der Waals surface area contributed by atoms with Gasteiger partial charge in [-0.3, -0.25) is 4.79 Å². The lowest BCUT2D eigenvalue weighted by atomic mass is 10.0. The van der Waals surface area contributed by atoms with Crippen molar-refractivity contribution in [3.05, 3.63) is 59.9 Å². The number of hydrogen-bond acceptors (Lipinski definition) is 4. The summed E-state index contributed by atoms with van der Waals surface area (Å²) in [6, 6.07) is 12.9. The fraction of sp³-hybridized carbons (Fsp3) is 0.263. The van der Waals surface area contributed by atoms with Crippen LogP contribution in [0.2, 0.25) is 0 Å². The number of ether oxygens (including phenoxy) is 1. The molecular weight excluding hydrogens is 318 g/mol. The van der Waals surface area contributed by atoms with E-state index in [0.29, 0.717) is 24.0 Å². The minimum absolute atomic E-state index is 0.123. The van der Waals surface area contributed by atoms with Crippen molar-refractivity contribution in [3.8, 4) is 5.75 Å². The quantitative estimate of drug-likeness (QED) is 0.770. The highest BCUT2D eigenvalue weighted by Crippen LogP contribution is 2.35. The Balaban J connectivity index is 1.72. The van der Waals surface area contributed by atoms with E-state index in [-0.39, 0.29) is 11.9 Å². The molecule has 2 atom stereocenters. The number of nitrogens with one attached hydrogen (secondary N) is 1. The first-order valence-corrected chi connectivity index (χ1v) is 8.22. The van der Waals surface area contributed by atoms with Gasteiger partial charge in [-0.15, -0.1) is 0 Å². The maximum Gasteiger partial charge on any atom is 0.256 e. The van der Waals surface area contributed by atoms with E-state index >= 15 is 0 Å². The Morgan fingerprint density at radius 3 is 3.00 bits per heavy atom. The number of aliphatic hydroxyl groups excluding tert-OH is 1. The predicted molar refractivity (Wildman–Crippen MR) is 93.5 cm³/mol. The number of likely N-dealkylation sites (tertiary alicyclic amines) is 1. The molecule has 3 aromatic rings. The van der Waals surface area contributed by atoms with Crippen LogP contribution in [0.15, 0.2) is 48.8 Å². The second-order valence-corrected chi connectivity index (χ2v) is 6.24. The molecule has 1 saturated heterocycles. The molecule has 128 valence electrons. The highest BCUT2D eigenvalue weighted by atomic mass is 16.5. The molecule has 1 amide bonds. The van der Waals surface area contributed by atoms with Gasteiger partial charge in [0.2, 0.25) is 0 Å². The van der Waals surface area contributed by atoms with Crippen molar-refractivity contribution in [2.75, 3.05) is 13.7 Å². The van der Waals surface area contributed by atoms with Crippen LogP contribution in [0.5, 0.6) is 5.75 Å². The Morgan fingerprint density at radius 2 is 2.16 bits per heavy atom. The van der Waals surface area contributed by atoms with Crippen LogP contribution in [-0.4, -0.2) is 45.6 Å². The zero-order chi connectivity index (χ0) is 17.4. The van der Waals surface area contributed by atoms with Crippen LogP contribution in [0.4, 0.5) is 0 Å². The molecule has 1 aliphatic rings. The molecular formula is C19H19N3O3. The summed E-state index contributed by atoms with van der Waals surface area (Å²) in [5, 5.41) is 10.2. The van der Waals surface area contributed by atoms with E-state index in [4.69, 9.17) is 4.74 Å². The zero-order valence-corrected chi connectivity index (χ0v) is 13.8. The number of imidazole rings is 1. The van der Waals surface area contributed by atoms with Crippen molar-refractivity contribution >= 4 is 16.9 Å². The number of amides is 1. The number of para-hydroxylation sites is 1. The average Bonchev–Trinajstić information content (AvgIpc) is 3.27. The Hall–Kier alpha value is -2.86. The van der Waals surface area contributed by atoms with Crippen molar-refractivity contribution in [2.24, 2.45) is 0 Å². The summed E-state index contributed by atoms with van der Waals surface area (Å²) in [4.78, 5) is 22.2. The molecule has 0 radical (unpaired) electrons. The van der Waals surface area contributed by atoms with Gasteiger partial charge in [0.05, 0.1) is 36.7 Å². The molecule has 0 unspecified atom stereocenters. The number of aliphatic hydroxyl groups is 1. The summed E-state index contributed by atoms with van der Waals surface area (Å²) in [5.41, 5.74) is 2.97. The van der Waals surface area contributed by atoms with Crippen LogP contribution in [0.3, 0.4) is 0 Å². The number of benzene rings is 2. The van der Waals surface area contributed by atoms with Crippen molar-refractivity contribution in [2.45, 2.75) is 18.6 Å². The molecule has 1 fully saturated rings. The highest BCUT2D eigenvalue weighted by Gasteiger charge is 2.36. The van der Waals surface area contributed by atoms with Crippen LogP contribution in [0.25, 0.3) is 11.0 Å². The first-order valence-electron chi connectivity index (χ1n) is 8.22. The second kappa shape index (κ2) is 6.22. The Kier molecular flexibility index (Phi) is 3.89. The van der Waals surface area contributed by atoms with Gasteiger partial charge >= 0.3 is 0 Å². The minimum Gasteiger partial charge on any atom is -0.497 e. The number of rotatable bonds is 3. The van der Waals surface area contributed by atoms with E-state index in [1.54, 1.807) is 24.4 Å². The molecule has 6 nitrogen and oxygen atoms in total. The normalized spacial score (nSPS) is 20.2. The predicted octanol–water partition coefficient (Wildman–Crippen LogP) is 2.52. The monoisotopic (exact) mass is 337 g/mol. The summed E-state index contributed by atoms with van der Waals surface area (Å²) in [7, 11) is 1.61. The number of carbonyl (C=O) groups excluding carboxylic acids is 1. The summed E-state index contributed by atoms with van der Waals surface area (Å²) in [5.74, 6) is 0.614. The van der Waals surface area contributed by atoms with Gasteiger partial charge in [-0.25, -0.2) is 4.98 Å². The molecule has 2 aromatic carbocycles. The lowest BCUT2D eigenvalue weighted by Crippen LogP contribution is -2.32. The van der Waals surface area contributed by atoms with Gasteiger partial charge in [0, 0.05) is 6.54 Å². The third-order valence-electron chi connectivity index (χ3n) is 4.70. The summed E-state index contributed by atoms with van der Waals surface area (Å²) < 4.78 is 5.29. The lowest BCUT2D eigenvalue weighted by Gasteiger charge is -2.25. The van der Waals surface area contributed by atoms with E-state index in [9.17, 15) is 9.90 Å². The van der Waals surface area contributed by atoms with Crippen LogP contribution in [0.1, 0.15) is 28.4 Å². The van der Waals surface area contributed by atoms with Crippen LogP contribution < -0.4 is 4.74 Å². The molecule has 1 aromatic heterocycles. The van der Waals surface area contributed by atoms with Gasteiger partial charge in [0.1, 0.15) is 11.3 Å². The molecule has 1 aliphatic heterocycles. The fourth-order valence-electron chi connectivity index (χ4n) is 3.50. The van der Waals surface area contributed by atoms with Crippen LogP contribution in [-0.2, 0) is 0 Å². The van der Waals surface area contributed by atoms with Crippen molar-refractivity contribution in [1.82, 2.24) is 14.9 Å². The van der Waals surface area contributed by atoms with E-state index in [2.05, 4.69) is 9.97 Å². The topological polar surface area (TPSA) is 78.5 Å². The SMILES string of the molecule is COc1cccc([C@@H]2C[C@H](O)CN2C(=O)c2cccc3[nH]cnc23)c1. The third kappa shape index (κ3) is 2.74. The molecule has 6 heteroatoms. The van der Waals surface area contributed by atoms with Crippen molar-refractivity contribution in [1.29, 1.82) is 0 Å². The van der Waals surface area contributed by atoms with E-state index < -0.39 is 6.10 Å². The number of aromatic amines is 1. The number of fused-ring (bicyclic) bond motifs is 1. The molecule has 2 heterocycles. The minimum atomic E-state index is -0.543. The molecule has 0 aliphatic carbocycles. The second-order valence-electron chi connectivity index (χ2n) is 6.24. The lowest BCUT2D eigenvalue weighted by molar-refractivity contribution is 0.0717. The number of carbonyl (C=O) groups is 1. The van der Waals surface area contributed by atoms with Gasteiger partial charge in [0.15, 0.2) is 0 Å². The maximum atomic E-state index is 13.2. The number of nitrogens with zero attached hydrogens (tertiary/aromatic N) is 2. The number of hydrogen-bond donors (Lipinski definition) is 2. The molecule has 0 saturated carbocycles. The number of aromatic nitrogens is 2. The highest BCUT2D eigenvalue weighted by molar-refractivity contribution is 6.05. The molecule has 0 spiro atoms. The Bertz CT molecular complexity index is 921. The summed E-state index contributed by atoms with van der Waals surface area (Å²) >= 11 is 0. The van der Waals surface area contributed by atoms with Crippen molar-refractivity contribution in [3.63, 3.8) is 0 Å². The third-order valence-corrected chi connectivity index (χ3v) is 4.70. The van der Waals surface area contributed by atoms with Gasteiger partial charge in [-0.2, -0.15) is 0 Å². The average molecular weight is 337 g/mol. The fourth-order valence-corrected chi connectivity index (χ4v) is 3.50. The molecule has 2 N–H and O–H groups in total. The largest absolute Gasteiger partial charge is 0.497 e. The number of β-amino-alcohol motifs (C(OH)–C–C–N with tert-alkyl or cyclic N) is 1. The maximum absolute atomic E-state index is 13.2. The van der Waals surface area contributed by atoms with Crippen LogP contribution in [0, 0.1) is 0 Å². The van der Waals surface area contributed by atoms with Gasteiger partial charge < -0.3 is 19.7 Å². The van der Waals surface area contributed by atoms with Gasteiger partial charge in [-0.1, -0.05) is 18.2 Å². The van der Waals surface area contributed by atoms with E-state index in [1.165, 1.54) is 0 Å². The first kappa shape index (κ1) is 15.7. The standard InChI is InChI=1S/C19H19N3O3/c1-25-14-5-2-4-12(8-14)17-9-13(23)10-22(17)19(24)15-6-3-7-16-18(15)21-11-20-16/h2-8,11,13,17,23H,9-10H2,1H3,(H,20,21)/t13-,17-/m0/s1. The number of H-pyrrole nitrogens is 1. The first-order chi connectivity index (χ1) is 12.2. The summed E-state index contributed by atoms with van der Waals surface area (Å²) in [6.07, 6.45) is 1.55. The van der Waals surface area contributed by atoms with E-state index in [0.717, 1.165) is 16.8 Å². The van der Waals surface area contributed by atoms with Gasteiger partial charge in [-0.05, 0) is 36.2 Å². The Labute approximate surface area is 145 Å². The molecule has 4 rings (SSSR count). The Morgan fingerprint density at radius 1 is 1.32 bits per heavy atom. The van der Waals surface area contributed by atoms with Gasteiger partial charge in [0.25, 0.3) is 5.91 Å². The summed E-state index contributed by atoms with van der Waals surface area (Å²) in [6.45, 7) is 0.307. The molecule has 25 heavy (non-hydrogen) atoms. The van der Waals surface area contributed by atoms with Crippen molar-refractivity contribution < 1.29 is 14.6 Å². The number of methoxy groups -OCH3 is 1. The van der Waals surface area contributed by atoms with Crippen LogP contribution >= 0.6 is 0 Å². The zero-order valence-electron chi connectivity index (χ0n) is 13.8. The molecule has 0 bridgehead atoms. The van der Waals surface area contributed by atoms with E-state index in [1.807, 2.05) is 36.4 Å². The smallest absolute Gasteiger partial charge is 0.256 e.